The van der Waals surface area contributed by atoms with Crippen molar-refractivity contribution in [1.82, 2.24) is 9.88 Å². The second kappa shape index (κ2) is 6.88. The zero-order valence-corrected chi connectivity index (χ0v) is 16.2. The van der Waals surface area contributed by atoms with Gasteiger partial charge in [0.2, 0.25) is 0 Å². The minimum absolute atomic E-state index is 0. The van der Waals surface area contributed by atoms with Gasteiger partial charge in [-0.3, -0.25) is 5.32 Å². The summed E-state index contributed by atoms with van der Waals surface area (Å²) in [6, 6.07) is 13.8. The Labute approximate surface area is 171 Å². The molecule has 0 bridgehead atoms. The molecule has 0 spiro atoms. The van der Waals surface area contributed by atoms with Crippen LogP contribution >= 0.6 is 35.6 Å². The molecule has 1 N–H and O–H groups in total. The van der Waals surface area contributed by atoms with Gasteiger partial charge in [0.05, 0.1) is 5.69 Å². The molecule has 138 valence electrons. The van der Waals surface area contributed by atoms with Crippen LogP contribution < -0.4 is 5.32 Å². The zero-order valence-electron chi connectivity index (χ0n) is 13.9. The number of aromatic nitrogens is 1. The molecule has 1 aliphatic rings. The lowest BCUT2D eigenvalue weighted by molar-refractivity contribution is 0.465. The molecule has 0 fully saturated rings. The topological polar surface area (TPSA) is 30.1 Å². The molecule has 3 heterocycles. The lowest BCUT2D eigenvalue weighted by Crippen LogP contribution is -2.20. The van der Waals surface area contributed by atoms with Crippen LogP contribution in [0.15, 0.2) is 59.1 Å². The van der Waals surface area contributed by atoms with Gasteiger partial charge in [0.1, 0.15) is 23.2 Å². The lowest BCUT2D eigenvalue weighted by atomic mass is 10.1. The SMILES string of the molecule is Cl.Fc1ccc2oc(C3NCc4c(Cl)cc(Cl)cc4-n4cccc43)cc2c1. The smallest absolute Gasteiger partial charge is 0.134 e. The van der Waals surface area contributed by atoms with E-state index in [-0.39, 0.29) is 24.3 Å². The average molecular weight is 424 g/mol. The zero-order chi connectivity index (χ0) is 17.8. The number of fused-ring (bicyclic) bond motifs is 4. The van der Waals surface area contributed by atoms with E-state index < -0.39 is 0 Å². The minimum Gasteiger partial charge on any atom is -0.459 e. The number of benzene rings is 2. The van der Waals surface area contributed by atoms with Crippen molar-refractivity contribution in [3.05, 3.63) is 87.6 Å². The summed E-state index contributed by atoms with van der Waals surface area (Å²) < 4.78 is 21.6. The third kappa shape index (κ3) is 3.03. The average Bonchev–Trinajstić information content (AvgIpc) is 3.20. The summed E-state index contributed by atoms with van der Waals surface area (Å²) in [5.74, 6) is 0.441. The highest BCUT2D eigenvalue weighted by Gasteiger charge is 2.27. The van der Waals surface area contributed by atoms with E-state index in [0.717, 1.165) is 28.1 Å². The third-order valence-corrected chi connectivity index (χ3v) is 5.29. The Bertz CT molecular complexity index is 1150. The normalized spacial score (nSPS) is 15.7. The molecule has 0 saturated carbocycles. The Kier molecular flexibility index (Phi) is 4.68. The van der Waals surface area contributed by atoms with E-state index in [0.29, 0.717) is 22.2 Å². The van der Waals surface area contributed by atoms with Gasteiger partial charge in [-0.1, -0.05) is 23.2 Å². The van der Waals surface area contributed by atoms with Crippen LogP contribution in [0, 0.1) is 5.82 Å². The number of nitrogens with one attached hydrogen (secondary N) is 1. The van der Waals surface area contributed by atoms with Gasteiger partial charge >= 0.3 is 0 Å². The van der Waals surface area contributed by atoms with Gasteiger partial charge in [-0.2, -0.15) is 0 Å². The summed E-state index contributed by atoms with van der Waals surface area (Å²) in [4.78, 5) is 0. The standard InChI is InChI=1S/C20H13Cl2FN2O.ClH/c21-12-8-15(22)14-10-24-20(16-2-1-5-25(16)17(14)9-12)19-7-11-6-13(23)3-4-18(11)26-19;/h1-9,20,24H,10H2;1H. The maximum absolute atomic E-state index is 13.5. The van der Waals surface area contributed by atoms with Crippen LogP contribution in [0.4, 0.5) is 4.39 Å². The summed E-state index contributed by atoms with van der Waals surface area (Å²) in [5, 5.41) is 5.44. The lowest BCUT2D eigenvalue weighted by Gasteiger charge is -2.15. The monoisotopic (exact) mass is 422 g/mol. The van der Waals surface area contributed by atoms with Gasteiger partial charge in [0.15, 0.2) is 0 Å². The van der Waals surface area contributed by atoms with Crippen molar-refractivity contribution in [3.8, 4) is 5.69 Å². The molecule has 27 heavy (non-hydrogen) atoms. The fourth-order valence-electron chi connectivity index (χ4n) is 3.56. The molecule has 2 aromatic heterocycles. The first-order valence-corrected chi connectivity index (χ1v) is 8.94. The van der Waals surface area contributed by atoms with E-state index in [2.05, 4.69) is 9.88 Å². The minimum atomic E-state index is -0.282. The van der Waals surface area contributed by atoms with Crippen molar-refractivity contribution in [3.63, 3.8) is 0 Å². The highest BCUT2D eigenvalue weighted by atomic mass is 35.5. The van der Waals surface area contributed by atoms with Gasteiger partial charge in [-0.05, 0) is 48.5 Å². The Hall–Kier alpha value is -1.98. The van der Waals surface area contributed by atoms with Crippen LogP contribution in [0.2, 0.25) is 10.0 Å². The molecule has 7 heteroatoms. The van der Waals surface area contributed by atoms with E-state index in [1.807, 2.05) is 30.5 Å². The predicted octanol–water partition coefficient (Wildman–Crippen LogP) is 6.28. The molecular weight excluding hydrogens is 410 g/mol. The quantitative estimate of drug-likeness (QED) is 0.390. The van der Waals surface area contributed by atoms with Crippen LogP contribution in [0.1, 0.15) is 23.1 Å². The molecule has 5 rings (SSSR count). The highest BCUT2D eigenvalue weighted by molar-refractivity contribution is 6.35. The Morgan fingerprint density at radius 1 is 1.11 bits per heavy atom. The Balaban J connectivity index is 0.00000180. The molecule has 4 aromatic rings. The fourth-order valence-corrected chi connectivity index (χ4v) is 4.11. The number of rotatable bonds is 1. The largest absolute Gasteiger partial charge is 0.459 e. The van der Waals surface area contributed by atoms with Crippen LogP contribution in [-0.2, 0) is 6.54 Å². The molecule has 0 saturated heterocycles. The van der Waals surface area contributed by atoms with Crippen molar-refractivity contribution >= 4 is 46.6 Å². The second-order valence-corrected chi connectivity index (χ2v) is 7.18. The molecule has 0 radical (unpaired) electrons. The van der Waals surface area contributed by atoms with E-state index in [4.69, 9.17) is 27.6 Å². The van der Waals surface area contributed by atoms with Crippen molar-refractivity contribution in [2.75, 3.05) is 0 Å². The van der Waals surface area contributed by atoms with Crippen LogP contribution in [0.5, 0.6) is 0 Å². The third-order valence-electron chi connectivity index (χ3n) is 4.74. The maximum atomic E-state index is 13.5. The summed E-state index contributed by atoms with van der Waals surface area (Å²) in [6.45, 7) is 0.559. The predicted molar refractivity (Wildman–Crippen MR) is 108 cm³/mol. The fraction of sp³-hybridized carbons (Fsp3) is 0.100. The molecule has 0 amide bonds. The van der Waals surface area contributed by atoms with Gasteiger partial charge in [-0.15, -0.1) is 12.4 Å². The maximum Gasteiger partial charge on any atom is 0.134 e. The molecule has 2 aromatic carbocycles. The van der Waals surface area contributed by atoms with Crippen LogP contribution in [0.25, 0.3) is 16.7 Å². The van der Waals surface area contributed by atoms with E-state index in [1.165, 1.54) is 12.1 Å². The Morgan fingerprint density at radius 3 is 2.81 bits per heavy atom. The summed E-state index contributed by atoms with van der Waals surface area (Å²) in [7, 11) is 0. The summed E-state index contributed by atoms with van der Waals surface area (Å²) >= 11 is 12.6. The van der Waals surface area contributed by atoms with Gasteiger partial charge in [-0.25, -0.2) is 4.39 Å². The summed E-state index contributed by atoms with van der Waals surface area (Å²) in [6.07, 6.45) is 1.98. The number of hydrogen-bond donors (Lipinski definition) is 1. The summed E-state index contributed by atoms with van der Waals surface area (Å²) in [5.41, 5.74) is 3.57. The molecular formula is C20H14Cl3FN2O. The highest BCUT2D eigenvalue weighted by Crippen LogP contribution is 2.36. The first-order chi connectivity index (χ1) is 12.6. The second-order valence-electron chi connectivity index (χ2n) is 6.33. The first kappa shape index (κ1) is 18.4. The van der Waals surface area contributed by atoms with Crippen molar-refractivity contribution in [1.29, 1.82) is 0 Å². The van der Waals surface area contributed by atoms with Crippen molar-refractivity contribution < 1.29 is 8.81 Å². The van der Waals surface area contributed by atoms with E-state index >= 15 is 0 Å². The molecule has 3 nitrogen and oxygen atoms in total. The van der Waals surface area contributed by atoms with Crippen molar-refractivity contribution in [2.45, 2.75) is 12.6 Å². The van der Waals surface area contributed by atoms with Gasteiger partial charge in [0, 0.05) is 39.4 Å². The van der Waals surface area contributed by atoms with E-state index in [9.17, 15) is 4.39 Å². The number of nitrogens with zero attached hydrogens (tertiary/aromatic N) is 1. The number of hydrogen-bond acceptors (Lipinski definition) is 2. The molecule has 1 aliphatic heterocycles. The van der Waals surface area contributed by atoms with Crippen LogP contribution in [0.3, 0.4) is 0 Å². The van der Waals surface area contributed by atoms with E-state index in [1.54, 1.807) is 12.1 Å². The molecule has 0 aliphatic carbocycles. The Morgan fingerprint density at radius 2 is 1.96 bits per heavy atom. The number of furan rings is 1. The van der Waals surface area contributed by atoms with Crippen LogP contribution in [-0.4, -0.2) is 4.57 Å². The van der Waals surface area contributed by atoms with Crippen molar-refractivity contribution in [2.24, 2.45) is 0 Å². The number of halogens is 4. The van der Waals surface area contributed by atoms with Gasteiger partial charge < -0.3 is 8.98 Å². The molecule has 1 atom stereocenters. The molecule has 1 unspecified atom stereocenters. The van der Waals surface area contributed by atoms with Gasteiger partial charge in [0.25, 0.3) is 0 Å². The first-order valence-electron chi connectivity index (χ1n) is 8.18.